The number of aliphatic hydroxyl groups excluding tert-OH is 1. The number of amides is 2. The van der Waals surface area contributed by atoms with E-state index in [1.54, 1.807) is 6.92 Å². The molecule has 0 aromatic heterocycles. The van der Waals surface area contributed by atoms with Crippen LogP contribution in [0.15, 0.2) is 30.3 Å². The number of rotatable bonds is 5. The molecular formula is C12H19N3O2. The summed E-state index contributed by atoms with van der Waals surface area (Å²) in [4.78, 5) is 11.4. The number of benzene rings is 1. The second-order valence-corrected chi connectivity index (χ2v) is 3.95. The summed E-state index contributed by atoms with van der Waals surface area (Å²) in [5.74, 6) is 0. The number of nitrogens with one attached hydrogen (secondary N) is 2. The molecule has 2 atom stereocenters. The van der Waals surface area contributed by atoms with Crippen molar-refractivity contribution in [3.05, 3.63) is 35.9 Å². The van der Waals surface area contributed by atoms with Gasteiger partial charge < -0.3 is 21.5 Å². The first-order valence-electron chi connectivity index (χ1n) is 5.59. The Morgan fingerprint density at radius 2 is 2.00 bits per heavy atom. The molecule has 0 aliphatic rings. The van der Waals surface area contributed by atoms with E-state index in [0.29, 0.717) is 6.54 Å². The standard InChI is InChI=1S/C12H19N3O2/c1-9(16)11(13)8-15-12(17)14-7-10-5-3-2-4-6-10/h2-6,9,11,16H,7-8,13H2,1H3,(H2,14,15,17). The predicted octanol–water partition coefficient (Wildman–Crippen LogP) is 0.194. The average molecular weight is 237 g/mol. The summed E-state index contributed by atoms with van der Waals surface area (Å²) >= 11 is 0. The Balaban J connectivity index is 2.22. The number of aliphatic hydroxyl groups is 1. The van der Waals surface area contributed by atoms with Crippen LogP contribution in [0.25, 0.3) is 0 Å². The van der Waals surface area contributed by atoms with Crippen LogP contribution in [0.4, 0.5) is 4.79 Å². The molecule has 1 aromatic rings. The van der Waals surface area contributed by atoms with E-state index >= 15 is 0 Å². The van der Waals surface area contributed by atoms with Crippen molar-refractivity contribution in [2.45, 2.75) is 25.6 Å². The van der Waals surface area contributed by atoms with Gasteiger partial charge in [-0.15, -0.1) is 0 Å². The van der Waals surface area contributed by atoms with Gasteiger partial charge in [-0.1, -0.05) is 30.3 Å². The number of carbonyl (C=O) groups is 1. The van der Waals surface area contributed by atoms with Gasteiger partial charge in [-0.25, -0.2) is 4.79 Å². The fourth-order valence-corrected chi connectivity index (χ4v) is 1.22. The number of nitrogens with two attached hydrogens (primary N) is 1. The molecule has 0 aliphatic carbocycles. The molecule has 5 nitrogen and oxygen atoms in total. The fourth-order valence-electron chi connectivity index (χ4n) is 1.22. The Hall–Kier alpha value is -1.59. The zero-order valence-corrected chi connectivity index (χ0v) is 9.89. The average Bonchev–Trinajstić information content (AvgIpc) is 2.34. The number of hydrogen-bond acceptors (Lipinski definition) is 3. The maximum absolute atomic E-state index is 11.4. The second-order valence-electron chi connectivity index (χ2n) is 3.95. The summed E-state index contributed by atoms with van der Waals surface area (Å²) in [6.07, 6.45) is -0.635. The van der Waals surface area contributed by atoms with Crippen molar-refractivity contribution in [1.29, 1.82) is 0 Å². The molecule has 0 bridgehead atoms. The van der Waals surface area contributed by atoms with Crippen molar-refractivity contribution in [3.8, 4) is 0 Å². The molecule has 1 aromatic carbocycles. The van der Waals surface area contributed by atoms with Crippen molar-refractivity contribution < 1.29 is 9.90 Å². The summed E-state index contributed by atoms with van der Waals surface area (Å²) < 4.78 is 0. The lowest BCUT2D eigenvalue weighted by Crippen LogP contribution is -2.46. The third-order valence-electron chi connectivity index (χ3n) is 2.41. The molecule has 2 amide bonds. The number of carbonyl (C=O) groups excluding carboxylic acids is 1. The van der Waals surface area contributed by atoms with Gasteiger partial charge in [0.25, 0.3) is 0 Å². The highest BCUT2D eigenvalue weighted by Gasteiger charge is 2.10. The Labute approximate surface area is 101 Å². The minimum Gasteiger partial charge on any atom is -0.392 e. The maximum atomic E-state index is 11.4. The largest absolute Gasteiger partial charge is 0.392 e. The molecule has 0 aliphatic heterocycles. The van der Waals surface area contributed by atoms with E-state index in [-0.39, 0.29) is 12.6 Å². The van der Waals surface area contributed by atoms with Gasteiger partial charge in [-0.05, 0) is 12.5 Å². The lowest BCUT2D eigenvalue weighted by Gasteiger charge is -2.15. The summed E-state index contributed by atoms with van der Waals surface area (Å²) in [5, 5.41) is 14.4. The summed E-state index contributed by atoms with van der Waals surface area (Å²) in [7, 11) is 0. The van der Waals surface area contributed by atoms with E-state index in [1.807, 2.05) is 30.3 Å². The van der Waals surface area contributed by atoms with Gasteiger partial charge in [-0.3, -0.25) is 0 Å². The second kappa shape index (κ2) is 6.88. The molecule has 0 spiro atoms. The lowest BCUT2D eigenvalue weighted by atomic mass is 10.2. The molecule has 0 saturated carbocycles. The van der Waals surface area contributed by atoms with E-state index in [2.05, 4.69) is 10.6 Å². The first kappa shape index (κ1) is 13.5. The van der Waals surface area contributed by atoms with Gasteiger partial charge in [0.2, 0.25) is 0 Å². The molecule has 0 saturated heterocycles. The van der Waals surface area contributed by atoms with Gasteiger partial charge >= 0.3 is 6.03 Å². The lowest BCUT2D eigenvalue weighted by molar-refractivity contribution is 0.162. The Bertz CT molecular complexity index is 341. The Morgan fingerprint density at radius 1 is 1.35 bits per heavy atom. The molecular weight excluding hydrogens is 218 g/mol. The first-order valence-corrected chi connectivity index (χ1v) is 5.59. The van der Waals surface area contributed by atoms with Crippen LogP contribution < -0.4 is 16.4 Å². The van der Waals surface area contributed by atoms with Crippen LogP contribution in [0.2, 0.25) is 0 Å². The molecule has 5 heteroatoms. The number of urea groups is 1. The Morgan fingerprint density at radius 3 is 2.59 bits per heavy atom. The molecule has 0 heterocycles. The normalized spacial score (nSPS) is 13.8. The van der Waals surface area contributed by atoms with Crippen LogP contribution in [0, 0.1) is 0 Å². The van der Waals surface area contributed by atoms with Crippen molar-refractivity contribution in [3.63, 3.8) is 0 Å². The van der Waals surface area contributed by atoms with E-state index in [4.69, 9.17) is 10.8 Å². The SMILES string of the molecule is CC(O)C(N)CNC(=O)NCc1ccccc1. The monoisotopic (exact) mass is 237 g/mol. The van der Waals surface area contributed by atoms with Crippen LogP contribution >= 0.6 is 0 Å². The molecule has 17 heavy (non-hydrogen) atoms. The maximum Gasteiger partial charge on any atom is 0.315 e. The van der Waals surface area contributed by atoms with Crippen molar-refractivity contribution in [1.82, 2.24) is 10.6 Å². The van der Waals surface area contributed by atoms with Gasteiger partial charge in [0.1, 0.15) is 0 Å². The van der Waals surface area contributed by atoms with Crippen LogP contribution in [0.5, 0.6) is 0 Å². The number of hydrogen-bond donors (Lipinski definition) is 4. The molecule has 0 fully saturated rings. The first-order chi connectivity index (χ1) is 8.09. The Kier molecular flexibility index (Phi) is 5.45. The molecule has 5 N–H and O–H groups in total. The highest BCUT2D eigenvalue weighted by atomic mass is 16.3. The third-order valence-corrected chi connectivity index (χ3v) is 2.41. The van der Waals surface area contributed by atoms with Gasteiger partial charge in [0.15, 0.2) is 0 Å². The van der Waals surface area contributed by atoms with Gasteiger partial charge in [0.05, 0.1) is 6.10 Å². The molecule has 1 rings (SSSR count). The van der Waals surface area contributed by atoms with E-state index in [9.17, 15) is 4.79 Å². The van der Waals surface area contributed by atoms with Gasteiger partial charge in [-0.2, -0.15) is 0 Å². The van der Waals surface area contributed by atoms with Crippen molar-refractivity contribution in [2.24, 2.45) is 5.73 Å². The smallest absolute Gasteiger partial charge is 0.315 e. The quantitative estimate of drug-likeness (QED) is 0.589. The zero-order chi connectivity index (χ0) is 12.7. The topological polar surface area (TPSA) is 87.4 Å². The predicted molar refractivity (Wildman–Crippen MR) is 66.3 cm³/mol. The minimum absolute atomic E-state index is 0.248. The van der Waals surface area contributed by atoms with E-state index in [1.165, 1.54) is 0 Å². The zero-order valence-electron chi connectivity index (χ0n) is 9.89. The van der Waals surface area contributed by atoms with Crippen LogP contribution in [-0.2, 0) is 6.54 Å². The van der Waals surface area contributed by atoms with Crippen LogP contribution in [0.3, 0.4) is 0 Å². The summed E-state index contributed by atoms with van der Waals surface area (Å²) in [6.45, 7) is 2.31. The molecule has 2 unspecified atom stereocenters. The van der Waals surface area contributed by atoms with Crippen molar-refractivity contribution in [2.75, 3.05) is 6.54 Å². The highest BCUT2D eigenvalue weighted by Crippen LogP contribution is 1.96. The van der Waals surface area contributed by atoms with E-state index < -0.39 is 12.1 Å². The summed E-state index contributed by atoms with van der Waals surface area (Å²) in [5.41, 5.74) is 6.61. The van der Waals surface area contributed by atoms with Crippen LogP contribution in [0.1, 0.15) is 12.5 Å². The highest BCUT2D eigenvalue weighted by molar-refractivity contribution is 5.73. The minimum atomic E-state index is -0.635. The van der Waals surface area contributed by atoms with Gasteiger partial charge in [0, 0.05) is 19.1 Å². The van der Waals surface area contributed by atoms with Crippen molar-refractivity contribution >= 4 is 6.03 Å². The summed E-state index contributed by atoms with van der Waals surface area (Å²) in [6, 6.07) is 8.88. The van der Waals surface area contributed by atoms with Crippen LogP contribution in [-0.4, -0.2) is 29.8 Å². The molecule has 94 valence electrons. The van der Waals surface area contributed by atoms with E-state index in [0.717, 1.165) is 5.56 Å². The third kappa shape index (κ3) is 5.33. The molecule has 0 radical (unpaired) electrons. The fraction of sp³-hybridized carbons (Fsp3) is 0.417.